The molecule has 98 valence electrons. The van der Waals surface area contributed by atoms with Gasteiger partial charge in [0.05, 0.1) is 6.20 Å². The van der Waals surface area contributed by atoms with Gasteiger partial charge in [-0.2, -0.15) is 0 Å². The molecule has 1 aliphatic carbocycles. The Labute approximate surface area is 107 Å². The predicted octanol–water partition coefficient (Wildman–Crippen LogP) is 0.702. The van der Waals surface area contributed by atoms with Crippen molar-refractivity contribution >= 4 is 5.91 Å². The van der Waals surface area contributed by atoms with E-state index in [1.54, 1.807) is 31.5 Å². The van der Waals surface area contributed by atoms with E-state index < -0.39 is 6.10 Å². The zero-order valence-corrected chi connectivity index (χ0v) is 10.5. The first-order valence-electron chi connectivity index (χ1n) is 6.27. The maximum atomic E-state index is 11.8. The molecule has 1 aromatic heterocycles. The van der Waals surface area contributed by atoms with Gasteiger partial charge in [0.15, 0.2) is 6.10 Å². The molecular weight excluding hydrogens is 230 g/mol. The van der Waals surface area contributed by atoms with E-state index in [1.165, 1.54) is 12.8 Å². The number of carbonyl (C=O) groups is 1. The molecule has 2 unspecified atom stereocenters. The molecule has 2 rings (SSSR count). The maximum absolute atomic E-state index is 11.8. The lowest BCUT2D eigenvalue weighted by molar-refractivity contribution is -0.127. The third kappa shape index (κ3) is 3.70. The summed E-state index contributed by atoms with van der Waals surface area (Å²) in [6.45, 7) is 2.23. The van der Waals surface area contributed by atoms with Gasteiger partial charge in [-0.3, -0.25) is 9.78 Å². The van der Waals surface area contributed by atoms with Gasteiger partial charge in [-0.25, -0.2) is 0 Å². The Kier molecular flexibility index (Phi) is 4.15. The van der Waals surface area contributed by atoms with E-state index in [0.29, 0.717) is 18.2 Å². The molecule has 0 bridgehead atoms. The molecule has 5 heteroatoms. The van der Waals surface area contributed by atoms with Crippen LogP contribution in [0.2, 0.25) is 0 Å². The Balaban J connectivity index is 1.74. The van der Waals surface area contributed by atoms with E-state index in [-0.39, 0.29) is 11.9 Å². The minimum absolute atomic E-state index is 0.0690. The van der Waals surface area contributed by atoms with Gasteiger partial charge in [0.25, 0.3) is 5.91 Å². The minimum Gasteiger partial charge on any atom is -0.479 e. The highest BCUT2D eigenvalue weighted by Gasteiger charge is 2.28. The number of aromatic nitrogens is 1. The van der Waals surface area contributed by atoms with Crippen molar-refractivity contribution in [2.75, 3.05) is 6.54 Å². The molecule has 18 heavy (non-hydrogen) atoms. The molecule has 1 fully saturated rings. The number of carbonyl (C=O) groups excluding carboxylic acids is 1. The van der Waals surface area contributed by atoms with Gasteiger partial charge in [0.1, 0.15) is 5.75 Å². The number of hydrogen-bond acceptors (Lipinski definition) is 4. The molecule has 0 radical (unpaired) electrons. The van der Waals surface area contributed by atoms with Gasteiger partial charge in [0, 0.05) is 18.8 Å². The van der Waals surface area contributed by atoms with Crippen molar-refractivity contribution in [1.29, 1.82) is 0 Å². The molecule has 1 heterocycles. The van der Waals surface area contributed by atoms with Crippen LogP contribution in [0.3, 0.4) is 0 Å². The van der Waals surface area contributed by atoms with E-state index in [9.17, 15) is 4.79 Å². The van der Waals surface area contributed by atoms with Gasteiger partial charge >= 0.3 is 0 Å². The van der Waals surface area contributed by atoms with Crippen LogP contribution in [-0.2, 0) is 4.79 Å². The molecule has 3 N–H and O–H groups in total. The Bertz CT molecular complexity index is 392. The summed E-state index contributed by atoms with van der Waals surface area (Å²) in [4.78, 5) is 15.7. The summed E-state index contributed by atoms with van der Waals surface area (Å²) in [7, 11) is 0. The number of nitrogens with zero attached hydrogens (tertiary/aromatic N) is 1. The lowest BCUT2D eigenvalue weighted by Crippen LogP contribution is -2.43. The van der Waals surface area contributed by atoms with Gasteiger partial charge in [-0.1, -0.05) is 0 Å². The second-order valence-corrected chi connectivity index (χ2v) is 4.70. The zero-order chi connectivity index (χ0) is 13.0. The lowest BCUT2D eigenvalue weighted by Gasteiger charge is -2.16. The molecule has 1 amide bonds. The van der Waals surface area contributed by atoms with Crippen molar-refractivity contribution in [2.45, 2.75) is 31.9 Å². The second kappa shape index (κ2) is 5.82. The van der Waals surface area contributed by atoms with Crippen LogP contribution in [0.15, 0.2) is 24.5 Å². The van der Waals surface area contributed by atoms with Gasteiger partial charge < -0.3 is 15.8 Å². The van der Waals surface area contributed by atoms with E-state index >= 15 is 0 Å². The smallest absolute Gasteiger partial charge is 0.260 e. The fourth-order valence-corrected chi connectivity index (χ4v) is 1.73. The molecule has 2 atom stereocenters. The van der Waals surface area contributed by atoms with Crippen molar-refractivity contribution in [2.24, 2.45) is 11.7 Å². The molecule has 1 saturated carbocycles. The molecule has 0 saturated heterocycles. The highest BCUT2D eigenvalue weighted by Crippen LogP contribution is 2.31. The van der Waals surface area contributed by atoms with Gasteiger partial charge in [-0.05, 0) is 37.8 Å². The topological polar surface area (TPSA) is 77.2 Å². The maximum Gasteiger partial charge on any atom is 0.260 e. The van der Waals surface area contributed by atoms with Crippen LogP contribution in [0.25, 0.3) is 0 Å². The highest BCUT2D eigenvalue weighted by atomic mass is 16.5. The standard InChI is InChI=1S/C13H19N3O2/c1-9(18-11-3-2-6-15-7-11)13(17)16-8-12(14)10-4-5-10/h2-3,6-7,9-10,12H,4-5,8,14H2,1H3,(H,16,17). The number of nitrogens with two attached hydrogens (primary N) is 1. The van der Waals surface area contributed by atoms with Crippen LogP contribution in [0.4, 0.5) is 0 Å². The summed E-state index contributed by atoms with van der Waals surface area (Å²) in [5.41, 5.74) is 5.91. The third-order valence-corrected chi connectivity index (χ3v) is 3.06. The van der Waals surface area contributed by atoms with E-state index in [4.69, 9.17) is 10.5 Å². The summed E-state index contributed by atoms with van der Waals surface area (Å²) in [6, 6.07) is 3.61. The second-order valence-electron chi connectivity index (χ2n) is 4.70. The number of amides is 1. The Morgan fingerprint density at radius 1 is 1.67 bits per heavy atom. The fraction of sp³-hybridized carbons (Fsp3) is 0.538. The Hall–Kier alpha value is -1.62. The SMILES string of the molecule is CC(Oc1cccnc1)C(=O)NCC(N)C1CC1. The van der Waals surface area contributed by atoms with Crippen LogP contribution in [0.1, 0.15) is 19.8 Å². The molecule has 5 nitrogen and oxygen atoms in total. The van der Waals surface area contributed by atoms with Crippen molar-refractivity contribution in [3.63, 3.8) is 0 Å². The first-order chi connectivity index (χ1) is 8.66. The van der Waals surface area contributed by atoms with Crippen LogP contribution in [0, 0.1) is 5.92 Å². The summed E-state index contributed by atoms with van der Waals surface area (Å²) >= 11 is 0. The zero-order valence-electron chi connectivity index (χ0n) is 10.5. The lowest BCUT2D eigenvalue weighted by atomic mass is 10.2. The van der Waals surface area contributed by atoms with Crippen molar-refractivity contribution in [3.05, 3.63) is 24.5 Å². The van der Waals surface area contributed by atoms with Crippen LogP contribution >= 0.6 is 0 Å². The third-order valence-electron chi connectivity index (χ3n) is 3.06. The molecule has 1 aliphatic rings. The molecule has 0 aromatic carbocycles. The van der Waals surface area contributed by atoms with Crippen LogP contribution in [-0.4, -0.2) is 29.6 Å². The van der Waals surface area contributed by atoms with Gasteiger partial charge in [0.2, 0.25) is 0 Å². The number of pyridine rings is 1. The number of ether oxygens (including phenoxy) is 1. The normalized spacial score (nSPS) is 17.9. The monoisotopic (exact) mass is 249 g/mol. The Morgan fingerprint density at radius 2 is 2.44 bits per heavy atom. The average Bonchev–Trinajstić information content (AvgIpc) is 3.21. The van der Waals surface area contributed by atoms with E-state index in [2.05, 4.69) is 10.3 Å². The average molecular weight is 249 g/mol. The van der Waals surface area contributed by atoms with Crippen molar-refractivity contribution in [3.8, 4) is 5.75 Å². The summed E-state index contributed by atoms with van der Waals surface area (Å²) in [5.74, 6) is 1.03. The first kappa shape index (κ1) is 12.8. The van der Waals surface area contributed by atoms with Crippen molar-refractivity contribution < 1.29 is 9.53 Å². The van der Waals surface area contributed by atoms with Crippen LogP contribution in [0.5, 0.6) is 5.75 Å². The van der Waals surface area contributed by atoms with E-state index in [0.717, 1.165) is 0 Å². The van der Waals surface area contributed by atoms with Crippen molar-refractivity contribution in [1.82, 2.24) is 10.3 Å². The number of rotatable bonds is 6. The van der Waals surface area contributed by atoms with E-state index in [1.807, 2.05) is 0 Å². The number of hydrogen-bond donors (Lipinski definition) is 2. The summed E-state index contributed by atoms with van der Waals surface area (Å²) in [6.07, 6.45) is 5.06. The largest absolute Gasteiger partial charge is 0.479 e. The summed E-state index contributed by atoms with van der Waals surface area (Å²) in [5, 5.41) is 2.81. The molecule has 0 spiro atoms. The fourth-order valence-electron chi connectivity index (χ4n) is 1.73. The van der Waals surface area contributed by atoms with Gasteiger partial charge in [-0.15, -0.1) is 0 Å². The minimum atomic E-state index is -0.541. The van der Waals surface area contributed by atoms with Crippen LogP contribution < -0.4 is 15.8 Å². The first-order valence-corrected chi connectivity index (χ1v) is 6.27. The summed E-state index contributed by atoms with van der Waals surface area (Å²) < 4.78 is 5.47. The molecule has 0 aliphatic heterocycles. The Morgan fingerprint density at radius 3 is 3.06 bits per heavy atom. The highest BCUT2D eigenvalue weighted by molar-refractivity contribution is 5.80. The quantitative estimate of drug-likeness (QED) is 0.778. The molecule has 1 aromatic rings. The number of nitrogens with one attached hydrogen (secondary N) is 1. The predicted molar refractivity (Wildman–Crippen MR) is 68.0 cm³/mol. The molecular formula is C13H19N3O2.